The van der Waals surface area contributed by atoms with Crippen molar-refractivity contribution in [1.29, 1.82) is 0 Å². The van der Waals surface area contributed by atoms with Crippen LogP contribution in [0.1, 0.15) is 52.9 Å². The third-order valence-corrected chi connectivity index (χ3v) is 4.61. The molecule has 0 aliphatic rings. The number of rotatable bonds is 13. The van der Waals surface area contributed by atoms with Gasteiger partial charge < -0.3 is 9.29 Å². The zero-order chi connectivity index (χ0) is 17.9. The lowest BCUT2D eigenvalue weighted by atomic mass is 10.2. The number of nitrogens with zero attached hydrogens (tertiary/aromatic N) is 1. The first-order valence-electron chi connectivity index (χ1n) is 8.27. The van der Waals surface area contributed by atoms with Gasteiger partial charge in [0.25, 0.3) is 0 Å². The molecule has 0 bridgehead atoms. The Kier molecular flexibility index (Phi) is 10.3. The van der Waals surface area contributed by atoms with Crippen molar-refractivity contribution in [2.75, 3.05) is 32.1 Å². The van der Waals surface area contributed by atoms with E-state index in [0.717, 1.165) is 38.8 Å². The second-order valence-electron chi connectivity index (χ2n) is 6.18. The van der Waals surface area contributed by atoms with E-state index in [0.29, 0.717) is 16.6 Å². The van der Waals surface area contributed by atoms with Crippen LogP contribution in [0.4, 0.5) is 0 Å². The van der Waals surface area contributed by atoms with Gasteiger partial charge in [0.1, 0.15) is 0 Å². The van der Waals surface area contributed by atoms with E-state index in [2.05, 4.69) is 20.4 Å². The first-order chi connectivity index (χ1) is 10.7. The predicted molar refractivity (Wildman–Crippen MR) is 89.6 cm³/mol. The molecule has 0 unspecified atom stereocenters. The second-order valence-corrected chi connectivity index (χ2v) is 7.70. The van der Waals surface area contributed by atoms with Crippen LogP contribution in [-0.2, 0) is 19.6 Å². The number of carbonyl (C=O) groups excluding carboxylic acids is 1. The molecule has 0 saturated carbocycles. The summed E-state index contributed by atoms with van der Waals surface area (Å²) in [5.74, 6) is -0.809. The molecular formula is C16H31NO5S. The first kappa shape index (κ1) is 22.1. The largest absolute Gasteiger partial charge is 0.748 e. The lowest BCUT2D eigenvalue weighted by Gasteiger charge is -2.38. The molecule has 0 aromatic rings. The van der Waals surface area contributed by atoms with Gasteiger partial charge >= 0.3 is 5.97 Å². The summed E-state index contributed by atoms with van der Waals surface area (Å²) in [6.45, 7) is 11.7. The number of unbranched alkanes of at least 4 members (excludes halogenated alkanes) is 2. The molecule has 0 atom stereocenters. The number of hydrogen-bond donors (Lipinski definition) is 0. The van der Waals surface area contributed by atoms with Gasteiger partial charge in [-0.3, -0.25) is 4.48 Å². The minimum absolute atomic E-state index is 0.199. The smallest absolute Gasteiger partial charge is 0.337 e. The van der Waals surface area contributed by atoms with Crippen LogP contribution >= 0.6 is 0 Å². The summed E-state index contributed by atoms with van der Waals surface area (Å²) in [6, 6.07) is 0. The van der Waals surface area contributed by atoms with Gasteiger partial charge in [-0.2, -0.15) is 0 Å². The van der Waals surface area contributed by atoms with Crippen LogP contribution in [0.25, 0.3) is 0 Å². The van der Waals surface area contributed by atoms with Crippen LogP contribution in [0.15, 0.2) is 12.2 Å². The number of quaternary nitrogens is 1. The zero-order valence-corrected chi connectivity index (χ0v) is 15.5. The van der Waals surface area contributed by atoms with E-state index in [1.54, 1.807) is 6.92 Å². The van der Waals surface area contributed by atoms with Crippen LogP contribution < -0.4 is 0 Å². The summed E-state index contributed by atoms with van der Waals surface area (Å²) in [5, 5.41) is 0. The van der Waals surface area contributed by atoms with Gasteiger partial charge in [-0.05, 0) is 19.8 Å². The molecule has 0 fully saturated rings. The highest BCUT2D eigenvalue weighted by molar-refractivity contribution is 7.85. The highest BCUT2D eigenvalue weighted by atomic mass is 32.2. The molecule has 0 N–H and O–H groups in total. The van der Waals surface area contributed by atoms with Crippen LogP contribution in [0, 0.1) is 0 Å². The third-order valence-electron chi connectivity index (χ3n) is 3.82. The van der Waals surface area contributed by atoms with Crippen LogP contribution in [0.2, 0.25) is 0 Å². The molecule has 0 aromatic carbocycles. The van der Waals surface area contributed by atoms with Crippen molar-refractivity contribution in [2.45, 2.75) is 52.9 Å². The number of esters is 1. The molecule has 0 heterocycles. The Balaban J connectivity index is 4.98. The molecule has 136 valence electrons. The zero-order valence-electron chi connectivity index (χ0n) is 14.7. The van der Waals surface area contributed by atoms with Gasteiger partial charge in [-0.15, -0.1) is 0 Å². The van der Waals surface area contributed by atoms with Crippen molar-refractivity contribution in [3.05, 3.63) is 12.2 Å². The fourth-order valence-corrected chi connectivity index (χ4v) is 2.89. The Morgan fingerprint density at radius 1 is 1.09 bits per heavy atom. The summed E-state index contributed by atoms with van der Waals surface area (Å²) in [6.07, 6.45) is 4.20. The van der Waals surface area contributed by atoms with Crippen molar-refractivity contribution in [2.24, 2.45) is 0 Å². The van der Waals surface area contributed by atoms with Gasteiger partial charge in [-0.1, -0.05) is 33.3 Å². The summed E-state index contributed by atoms with van der Waals surface area (Å²) in [5.41, 5.74) is 0.344. The van der Waals surface area contributed by atoms with Crippen LogP contribution in [0.3, 0.4) is 0 Å². The molecule has 6 nitrogen and oxygen atoms in total. The molecule has 0 spiro atoms. The fraction of sp³-hybridized carbons (Fsp3) is 0.812. The fourth-order valence-electron chi connectivity index (χ4n) is 2.41. The van der Waals surface area contributed by atoms with Crippen LogP contribution in [-0.4, -0.2) is 55.5 Å². The molecule has 0 aliphatic carbocycles. The summed E-state index contributed by atoms with van der Waals surface area (Å²) in [4.78, 5) is 11.7. The van der Waals surface area contributed by atoms with Gasteiger partial charge in [-0.25, -0.2) is 13.2 Å². The monoisotopic (exact) mass is 349 g/mol. The number of carbonyl (C=O) groups is 1. The SMILES string of the molecule is C=C(C)C(=O)OC[N+](CCCC)(CCCC)CCCS(=O)(=O)[O-]. The van der Waals surface area contributed by atoms with E-state index in [4.69, 9.17) is 4.74 Å². The van der Waals surface area contributed by atoms with E-state index in [9.17, 15) is 17.8 Å². The summed E-state index contributed by atoms with van der Waals surface area (Å²) >= 11 is 0. The maximum atomic E-state index is 11.7. The van der Waals surface area contributed by atoms with E-state index in [1.807, 2.05) is 0 Å². The highest BCUT2D eigenvalue weighted by Crippen LogP contribution is 2.15. The maximum Gasteiger partial charge on any atom is 0.337 e. The molecular weight excluding hydrogens is 318 g/mol. The minimum atomic E-state index is -4.21. The average molecular weight is 349 g/mol. The van der Waals surface area contributed by atoms with E-state index >= 15 is 0 Å². The van der Waals surface area contributed by atoms with Crippen molar-refractivity contribution in [3.63, 3.8) is 0 Å². The van der Waals surface area contributed by atoms with Crippen molar-refractivity contribution >= 4 is 16.1 Å². The minimum Gasteiger partial charge on any atom is -0.748 e. The Hall–Kier alpha value is -0.920. The maximum absolute atomic E-state index is 11.7. The third kappa shape index (κ3) is 10.5. The lowest BCUT2D eigenvalue weighted by molar-refractivity contribution is -0.944. The van der Waals surface area contributed by atoms with Crippen molar-refractivity contribution < 1.29 is 27.0 Å². The highest BCUT2D eigenvalue weighted by Gasteiger charge is 2.28. The second kappa shape index (κ2) is 10.8. The van der Waals surface area contributed by atoms with E-state index < -0.39 is 16.1 Å². The molecule has 0 saturated heterocycles. The summed E-state index contributed by atoms with van der Waals surface area (Å²) < 4.78 is 38.4. The quantitative estimate of drug-likeness (QED) is 0.168. The molecule has 0 aromatic heterocycles. The van der Waals surface area contributed by atoms with Gasteiger partial charge in [0.05, 0.1) is 29.8 Å². The number of ether oxygens (including phenoxy) is 1. The van der Waals surface area contributed by atoms with E-state index in [1.165, 1.54) is 0 Å². The Labute approximate surface area is 140 Å². The summed E-state index contributed by atoms with van der Waals surface area (Å²) in [7, 11) is -4.21. The van der Waals surface area contributed by atoms with Gasteiger partial charge in [0.2, 0.25) is 6.73 Å². The Morgan fingerprint density at radius 2 is 1.57 bits per heavy atom. The predicted octanol–water partition coefficient (Wildman–Crippen LogP) is 2.42. The van der Waals surface area contributed by atoms with Crippen molar-refractivity contribution in [1.82, 2.24) is 0 Å². The lowest BCUT2D eigenvalue weighted by Crippen LogP contribution is -2.52. The molecule has 0 radical (unpaired) electrons. The van der Waals surface area contributed by atoms with Crippen molar-refractivity contribution in [3.8, 4) is 0 Å². The Morgan fingerprint density at radius 3 is 1.96 bits per heavy atom. The molecule has 23 heavy (non-hydrogen) atoms. The van der Waals surface area contributed by atoms with Gasteiger partial charge in [0, 0.05) is 17.7 Å². The Bertz CT molecular complexity index is 465. The number of hydrogen-bond acceptors (Lipinski definition) is 5. The molecule has 0 aliphatic heterocycles. The standard InChI is InChI=1S/C16H31NO5S/c1-5-7-10-17(11-8-6-2,12-9-13-23(19,20)21)14-22-16(18)15(3)4/h3,5-14H2,1-2,4H3. The normalized spacial score (nSPS) is 12.2. The van der Waals surface area contributed by atoms with Crippen LogP contribution in [0.5, 0.6) is 0 Å². The average Bonchev–Trinajstić information content (AvgIpc) is 2.46. The van der Waals surface area contributed by atoms with E-state index in [-0.39, 0.29) is 18.9 Å². The molecule has 7 heteroatoms. The topological polar surface area (TPSA) is 83.5 Å². The molecule has 0 rings (SSSR count). The molecule has 0 amide bonds. The van der Waals surface area contributed by atoms with Gasteiger partial charge in [0.15, 0.2) is 0 Å². The first-order valence-corrected chi connectivity index (χ1v) is 9.85.